The summed E-state index contributed by atoms with van der Waals surface area (Å²) in [6.07, 6.45) is 0.988. The Balaban J connectivity index is 1.56. The molecular weight excluding hydrogens is 372 g/mol. The van der Waals surface area contributed by atoms with Crippen LogP contribution < -0.4 is 0 Å². The fourth-order valence-electron chi connectivity index (χ4n) is 3.35. The van der Waals surface area contributed by atoms with Crippen LogP contribution >= 0.6 is 0 Å². The molecule has 8 heteroatoms. The maximum atomic E-state index is 14.1. The molecule has 144 valence electrons. The summed E-state index contributed by atoms with van der Waals surface area (Å²) >= 11 is 0. The van der Waals surface area contributed by atoms with Crippen molar-refractivity contribution in [3.8, 4) is 11.4 Å². The van der Waals surface area contributed by atoms with Crippen LogP contribution in [0.3, 0.4) is 0 Å². The summed E-state index contributed by atoms with van der Waals surface area (Å²) in [4.78, 5) is 14.7. The highest BCUT2D eigenvalue weighted by Crippen LogP contribution is 2.34. The van der Waals surface area contributed by atoms with Gasteiger partial charge >= 0.3 is 6.18 Å². The molecule has 1 aliphatic rings. The topological polar surface area (TPSA) is 41.9 Å². The molecule has 0 N–H and O–H groups in total. The zero-order valence-corrected chi connectivity index (χ0v) is 14.7. The molecule has 0 spiro atoms. The van der Waals surface area contributed by atoms with E-state index in [1.165, 1.54) is 0 Å². The van der Waals surface area contributed by atoms with E-state index in [1.54, 1.807) is 29.6 Å². The largest absolute Gasteiger partial charge is 0.416 e. The Morgan fingerprint density at radius 3 is 2.68 bits per heavy atom. The van der Waals surface area contributed by atoms with E-state index >= 15 is 0 Å². The lowest BCUT2D eigenvalue weighted by atomic mass is 10.0. The van der Waals surface area contributed by atoms with E-state index in [-0.39, 0.29) is 12.1 Å². The van der Waals surface area contributed by atoms with E-state index in [4.69, 9.17) is 0 Å². The maximum absolute atomic E-state index is 14.1. The van der Waals surface area contributed by atoms with Crippen molar-refractivity contribution in [2.45, 2.75) is 25.7 Å². The Morgan fingerprint density at radius 2 is 1.93 bits per heavy atom. The standard InChI is InChI=1S/C20H16F4N4/c21-17-5-1-4-16(20(22,23)24)15(17)12-28-8-6-18-14(11-28)10-26-19(27-18)13-3-2-7-25-9-13/h1-5,7,9-10H,6,8,11-12H2. The number of aromatic nitrogens is 3. The molecule has 0 saturated heterocycles. The SMILES string of the molecule is Fc1cccc(C(F)(F)F)c1CN1CCc2nc(-c3cccnc3)ncc2C1. The summed E-state index contributed by atoms with van der Waals surface area (Å²) < 4.78 is 53.8. The molecule has 0 amide bonds. The lowest BCUT2D eigenvalue weighted by molar-refractivity contribution is -0.138. The Kier molecular flexibility index (Phi) is 4.80. The van der Waals surface area contributed by atoms with Crippen LogP contribution in [0.5, 0.6) is 0 Å². The highest BCUT2D eigenvalue weighted by molar-refractivity contribution is 5.53. The van der Waals surface area contributed by atoms with E-state index < -0.39 is 17.6 Å². The van der Waals surface area contributed by atoms with Gasteiger partial charge in [-0.25, -0.2) is 14.4 Å². The van der Waals surface area contributed by atoms with Gasteiger partial charge in [-0.2, -0.15) is 13.2 Å². The Labute approximate surface area is 158 Å². The average molecular weight is 388 g/mol. The molecule has 0 radical (unpaired) electrons. The van der Waals surface area contributed by atoms with Gasteiger partial charge in [-0.3, -0.25) is 9.88 Å². The van der Waals surface area contributed by atoms with Crippen LogP contribution in [0.4, 0.5) is 17.6 Å². The van der Waals surface area contributed by atoms with Crippen molar-refractivity contribution in [2.24, 2.45) is 0 Å². The summed E-state index contributed by atoms with van der Waals surface area (Å²) in [6.45, 7) is 0.738. The normalized spacial score (nSPS) is 14.7. The van der Waals surface area contributed by atoms with Crippen LogP contribution in [0.25, 0.3) is 11.4 Å². The summed E-state index contributed by atoms with van der Waals surface area (Å²) in [5.74, 6) is -0.280. The highest BCUT2D eigenvalue weighted by Gasteiger charge is 2.35. The van der Waals surface area contributed by atoms with Crippen molar-refractivity contribution in [1.82, 2.24) is 19.9 Å². The quantitative estimate of drug-likeness (QED) is 0.629. The van der Waals surface area contributed by atoms with Crippen molar-refractivity contribution in [3.63, 3.8) is 0 Å². The molecular formula is C20H16F4N4. The van der Waals surface area contributed by atoms with Gasteiger partial charge in [-0.15, -0.1) is 0 Å². The van der Waals surface area contributed by atoms with Crippen LogP contribution in [0, 0.1) is 5.82 Å². The number of pyridine rings is 1. The molecule has 1 aliphatic heterocycles. The molecule has 3 heterocycles. The Hall–Kier alpha value is -2.87. The first kappa shape index (κ1) is 18.5. The minimum absolute atomic E-state index is 0.120. The van der Waals surface area contributed by atoms with E-state index in [1.807, 2.05) is 6.07 Å². The van der Waals surface area contributed by atoms with Crippen molar-refractivity contribution < 1.29 is 17.6 Å². The number of nitrogens with zero attached hydrogens (tertiary/aromatic N) is 4. The van der Waals surface area contributed by atoms with Gasteiger partial charge in [0, 0.05) is 61.3 Å². The number of alkyl halides is 3. The molecule has 0 bridgehead atoms. The number of rotatable bonds is 3. The first-order valence-electron chi connectivity index (χ1n) is 8.74. The van der Waals surface area contributed by atoms with E-state index in [0.717, 1.165) is 35.0 Å². The van der Waals surface area contributed by atoms with Crippen LogP contribution in [0.1, 0.15) is 22.4 Å². The van der Waals surface area contributed by atoms with Crippen molar-refractivity contribution in [3.05, 3.63) is 77.1 Å². The predicted octanol–water partition coefficient (Wildman–Crippen LogP) is 4.25. The van der Waals surface area contributed by atoms with E-state index in [9.17, 15) is 17.6 Å². The second kappa shape index (κ2) is 7.27. The fraction of sp³-hybridized carbons (Fsp3) is 0.250. The lowest BCUT2D eigenvalue weighted by Crippen LogP contribution is -2.32. The van der Waals surface area contributed by atoms with E-state index in [2.05, 4.69) is 15.0 Å². The van der Waals surface area contributed by atoms with Gasteiger partial charge in [0.25, 0.3) is 0 Å². The monoisotopic (exact) mass is 388 g/mol. The molecule has 0 atom stereocenters. The fourth-order valence-corrected chi connectivity index (χ4v) is 3.35. The van der Waals surface area contributed by atoms with Gasteiger partial charge in [0.1, 0.15) is 5.82 Å². The van der Waals surface area contributed by atoms with Crippen LogP contribution in [-0.2, 0) is 25.7 Å². The van der Waals surface area contributed by atoms with Crippen molar-refractivity contribution >= 4 is 0 Å². The van der Waals surface area contributed by atoms with Gasteiger partial charge in [-0.05, 0) is 24.3 Å². The number of benzene rings is 1. The second-order valence-electron chi connectivity index (χ2n) is 6.63. The summed E-state index contributed by atoms with van der Waals surface area (Å²) in [6, 6.07) is 6.72. The van der Waals surface area contributed by atoms with Crippen molar-refractivity contribution in [1.29, 1.82) is 0 Å². The molecule has 1 aromatic carbocycles. The minimum atomic E-state index is -4.59. The Bertz CT molecular complexity index is 989. The predicted molar refractivity (Wildman–Crippen MR) is 94.5 cm³/mol. The second-order valence-corrected chi connectivity index (χ2v) is 6.63. The first-order chi connectivity index (χ1) is 13.4. The first-order valence-corrected chi connectivity index (χ1v) is 8.74. The number of hydrogen-bond donors (Lipinski definition) is 0. The summed E-state index contributed by atoms with van der Waals surface area (Å²) in [5, 5.41) is 0. The summed E-state index contributed by atoms with van der Waals surface area (Å²) in [5.41, 5.74) is 1.24. The zero-order chi connectivity index (χ0) is 19.7. The average Bonchev–Trinajstić information content (AvgIpc) is 2.69. The molecule has 0 unspecified atom stereocenters. The Morgan fingerprint density at radius 1 is 1.07 bits per heavy atom. The molecule has 4 nitrogen and oxygen atoms in total. The molecule has 2 aromatic heterocycles. The zero-order valence-electron chi connectivity index (χ0n) is 14.7. The van der Waals surface area contributed by atoms with Gasteiger partial charge in [0.15, 0.2) is 5.82 Å². The number of hydrogen-bond acceptors (Lipinski definition) is 4. The third-order valence-corrected chi connectivity index (χ3v) is 4.74. The molecule has 0 saturated carbocycles. The van der Waals surface area contributed by atoms with Gasteiger partial charge < -0.3 is 0 Å². The highest BCUT2D eigenvalue weighted by atomic mass is 19.4. The number of fused-ring (bicyclic) bond motifs is 1. The van der Waals surface area contributed by atoms with Crippen molar-refractivity contribution in [2.75, 3.05) is 6.54 Å². The molecule has 0 aliphatic carbocycles. The minimum Gasteiger partial charge on any atom is -0.294 e. The lowest BCUT2D eigenvalue weighted by Gasteiger charge is -2.29. The molecule has 4 rings (SSSR count). The summed E-state index contributed by atoms with van der Waals surface area (Å²) in [7, 11) is 0. The third kappa shape index (κ3) is 3.73. The molecule has 28 heavy (non-hydrogen) atoms. The smallest absolute Gasteiger partial charge is 0.294 e. The van der Waals surface area contributed by atoms with Gasteiger partial charge in [0.2, 0.25) is 0 Å². The molecule has 3 aromatic rings. The number of halogens is 4. The van der Waals surface area contributed by atoms with Crippen LogP contribution in [0.15, 0.2) is 48.9 Å². The molecule has 0 fully saturated rings. The van der Waals surface area contributed by atoms with Gasteiger partial charge in [-0.1, -0.05) is 6.07 Å². The van der Waals surface area contributed by atoms with Crippen LogP contribution in [-0.4, -0.2) is 26.4 Å². The maximum Gasteiger partial charge on any atom is 0.416 e. The van der Waals surface area contributed by atoms with Crippen LogP contribution in [0.2, 0.25) is 0 Å². The van der Waals surface area contributed by atoms with E-state index in [0.29, 0.717) is 25.3 Å². The van der Waals surface area contributed by atoms with Gasteiger partial charge in [0.05, 0.1) is 11.3 Å². The third-order valence-electron chi connectivity index (χ3n) is 4.74.